The molecule has 8 nitrogen and oxygen atoms in total. The second kappa shape index (κ2) is 7.47. The zero-order chi connectivity index (χ0) is 18.0. The standard InChI is InChI=1S/C16H24N6O2S/c1-3-4-7-25-16-18-12(17)8-13(19-16)21-5-6-22-11(9-21)15(24)20(2)10-14(22)23/h8,11H,3-7,9-10H2,1-2H3,(H2,17,18,19). The number of unbranched alkanes of at least 4 members (excludes halogenated alkanes) is 1. The van der Waals surface area contributed by atoms with Gasteiger partial charge in [0.25, 0.3) is 0 Å². The Balaban J connectivity index is 1.76. The maximum Gasteiger partial charge on any atom is 0.247 e. The maximum atomic E-state index is 12.4. The number of piperazine rings is 2. The summed E-state index contributed by atoms with van der Waals surface area (Å²) in [5.74, 6) is 2.08. The largest absolute Gasteiger partial charge is 0.383 e. The van der Waals surface area contributed by atoms with Crippen molar-refractivity contribution >= 4 is 35.2 Å². The molecule has 0 saturated carbocycles. The number of fused-ring (bicyclic) bond motifs is 1. The number of carbonyl (C=O) groups excluding carboxylic acids is 2. The average Bonchev–Trinajstić information content (AvgIpc) is 2.59. The number of nitrogens with two attached hydrogens (primary N) is 1. The van der Waals surface area contributed by atoms with Crippen LogP contribution in [0.5, 0.6) is 0 Å². The SMILES string of the molecule is CCCCSc1nc(N)cc(N2CCN3C(=O)CN(C)C(=O)C3C2)n1. The van der Waals surface area contributed by atoms with Crippen LogP contribution >= 0.6 is 11.8 Å². The van der Waals surface area contributed by atoms with Crippen LogP contribution in [0.3, 0.4) is 0 Å². The zero-order valence-electron chi connectivity index (χ0n) is 14.6. The van der Waals surface area contributed by atoms with E-state index in [-0.39, 0.29) is 18.4 Å². The highest BCUT2D eigenvalue weighted by atomic mass is 32.2. The molecule has 0 aromatic carbocycles. The van der Waals surface area contributed by atoms with Crippen LogP contribution in [0, 0.1) is 0 Å². The van der Waals surface area contributed by atoms with Crippen molar-refractivity contribution in [1.29, 1.82) is 0 Å². The number of amides is 2. The highest BCUT2D eigenvalue weighted by molar-refractivity contribution is 7.99. The van der Waals surface area contributed by atoms with Crippen LogP contribution in [0.15, 0.2) is 11.2 Å². The number of aromatic nitrogens is 2. The van der Waals surface area contributed by atoms with Crippen molar-refractivity contribution in [1.82, 2.24) is 19.8 Å². The summed E-state index contributed by atoms with van der Waals surface area (Å²) in [4.78, 5) is 38.7. The van der Waals surface area contributed by atoms with Crippen LogP contribution in [-0.4, -0.2) is 76.6 Å². The summed E-state index contributed by atoms with van der Waals surface area (Å²) in [7, 11) is 1.67. The van der Waals surface area contributed by atoms with Crippen molar-refractivity contribution in [2.45, 2.75) is 31.0 Å². The highest BCUT2D eigenvalue weighted by Gasteiger charge is 2.41. The quantitative estimate of drug-likeness (QED) is 0.460. The molecule has 9 heteroatoms. The van der Waals surface area contributed by atoms with Crippen molar-refractivity contribution < 1.29 is 9.59 Å². The molecule has 2 aliphatic rings. The minimum absolute atomic E-state index is 0.00441. The van der Waals surface area contributed by atoms with Gasteiger partial charge in [-0.1, -0.05) is 25.1 Å². The molecule has 1 aromatic heterocycles. The zero-order valence-corrected chi connectivity index (χ0v) is 15.5. The first-order chi connectivity index (χ1) is 12.0. The number of hydrogen-bond donors (Lipinski definition) is 1. The minimum atomic E-state index is -0.451. The van der Waals surface area contributed by atoms with E-state index in [2.05, 4.69) is 16.9 Å². The predicted molar refractivity (Wildman–Crippen MR) is 97.4 cm³/mol. The van der Waals surface area contributed by atoms with Crippen LogP contribution in [0.25, 0.3) is 0 Å². The Kier molecular flexibility index (Phi) is 5.31. The van der Waals surface area contributed by atoms with Gasteiger partial charge in [0.05, 0.1) is 6.54 Å². The lowest BCUT2D eigenvalue weighted by Gasteiger charge is -2.45. The first-order valence-electron chi connectivity index (χ1n) is 8.56. The summed E-state index contributed by atoms with van der Waals surface area (Å²) >= 11 is 1.59. The summed E-state index contributed by atoms with van der Waals surface area (Å²) in [6.45, 7) is 3.89. The summed E-state index contributed by atoms with van der Waals surface area (Å²) in [5, 5.41) is 0.661. The number of rotatable bonds is 5. The van der Waals surface area contributed by atoms with E-state index in [0.29, 0.717) is 30.6 Å². The molecule has 2 aliphatic heterocycles. The van der Waals surface area contributed by atoms with Crippen molar-refractivity contribution in [2.24, 2.45) is 0 Å². The third kappa shape index (κ3) is 3.81. The van der Waals surface area contributed by atoms with Gasteiger partial charge >= 0.3 is 0 Å². The van der Waals surface area contributed by atoms with E-state index in [0.717, 1.165) is 24.4 Å². The topological polar surface area (TPSA) is 95.7 Å². The van der Waals surface area contributed by atoms with Crippen molar-refractivity contribution in [3.8, 4) is 0 Å². The van der Waals surface area contributed by atoms with E-state index in [4.69, 9.17) is 5.73 Å². The number of likely N-dealkylation sites (N-methyl/N-ethyl adjacent to an activating group) is 1. The number of thioether (sulfide) groups is 1. The third-order valence-corrected chi connectivity index (χ3v) is 5.43. The molecule has 2 saturated heterocycles. The Morgan fingerprint density at radius 3 is 2.88 bits per heavy atom. The fourth-order valence-electron chi connectivity index (χ4n) is 3.09. The van der Waals surface area contributed by atoms with Gasteiger partial charge in [0, 0.05) is 38.5 Å². The first kappa shape index (κ1) is 17.8. The Labute approximate surface area is 151 Å². The molecule has 1 aromatic rings. The lowest BCUT2D eigenvalue weighted by Crippen LogP contribution is -2.66. The fourth-order valence-corrected chi connectivity index (χ4v) is 4.04. The Bertz CT molecular complexity index is 670. The molecule has 0 bridgehead atoms. The lowest BCUT2D eigenvalue weighted by atomic mass is 10.1. The fraction of sp³-hybridized carbons (Fsp3) is 0.625. The van der Waals surface area contributed by atoms with E-state index in [1.165, 1.54) is 4.90 Å². The molecule has 1 unspecified atom stereocenters. The lowest BCUT2D eigenvalue weighted by molar-refractivity contribution is -0.154. The Morgan fingerprint density at radius 1 is 1.32 bits per heavy atom. The smallest absolute Gasteiger partial charge is 0.247 e. The molecular formula is C16H24N6O2S. The van der Waals surface area contributed by atoms with Crippen LogP contribution < -0.4 is 10.6 Å². The van der Waals surface area contributed by atoms with Crippen LogP contribution in [0.4, 0.5) is 11.6 Å². The molecule has 2 N–H and O–H groups in total. The van der Waals surface area contributed by atoms with E-state index in [9.17, 15) is 9.59 Å². The van der Waals surface area contributed by atoms with Gasteiger partial charge < -0.3 is 20.4 Å². The van der Waals surface area contributed by atoms with Crippen LogP contribution in [0.1, 0.15) is 19.8 Å². The van der Waals surface area contributed by atoms with E-state index >= 15 is 0 Å². The molecule has 136 valence electrons. The van der Waals surface area contributed by atoms with Gasteiger partial charge in [-0.05, 0) is 6.42 Å². The number of anilines is 2. The number of nitrogens with zero attached hydrogens (tertiary/aromatic N) is 5. The third-order valence-electron chi connectivity index (χ3n) is 4.50. The highest BCUT2D eigenvalue weighted by Crippen LogP contribution is 2.25. The molecule has 2 fully saturated rings. The van der Waals surface area contributed by atoms with E-state index < -0.39 is 6.04 Å². The van der Waals surface area contributed by atoms with Gasteiger partial charge in [-0.2, -0.15) is 0 Å². The molecule has 0 aliphatic carbocycles. The second-order valence-corrected chi connectivity index (χ2v) is 7.44. The van der Waals surface area contributed by atoms with Gasteiger partial charge in [-0.15, -0.1) is 0 Å². The second-order valence-electron chi connectivity index (χ2n) is 6.38. The first-order valence-corrected chi connectivity index (χ1v) is 9.55. The predicted octanol–water partition coefficient (Wildman–Crippen LogP) is 0.440. The molecule has 0 radical (unpaired) electrons. The Hall–Kier alpha value is -2.03. The maximum absolute atomic E-state index is 12.4. The van der Waals surface area contributed by atoms with Gasteiger partial charge in [0.2, 0.25) is 11.8 Å². The molecular weight excluding hydrogens is 340 g/mol. The molecule has 25 heavy (non-hydrogen) atoms. The van der Waals surface area contributed by atoms with Crippen LogP contribution in [0.2, 0.25) is 0 Å². The van der Waals surface area contributed by atoms with E-state index in [1.54, 1.807) is 29.8 Å². The van der Waals surface area contributed by atoms with Crippen molar-refractivity contribution in [3.63, 3.8) is 0 Å². The van der Waals surface area contributed by atoms with Gasteiger partial charge in [0.1, 0.15) is 17.7 Å². The summed E-state index contributed by atoms with van der Waals surface area (Å²) in [6, 6.07) is 1.28. The molecule has 3 heterocycles. The normalized spacial score (nSPS) is 20.9. The van der Waals surface area contributed by atoms with Crippen molar-refractivity contribution in [3.05, 3.63) is 6.07 Å². The van der Waals surface area contributed by atoms with Gasteiger partial charge in [-0.25, -0.2) is 9.97 Å². The summed E-state index contributed by atoms with van der Waals surface area (Å²) in [6.07, 6.45) is 2.22. The Morgan fingerprint density at radius 2 is 2.12 bits per heavy atom. The van der Waals surface area contributed by atoms with Gasteiger partial charge in [-0.3, -0.25) is 9.59 Å². The molecule has 1 atom stereocenters. The molecule has 0 spiro atoms. The molecule has 2 amide bonds. The monoisotopic (exact) mass is 364 g/mol. The summed E-state index contributed by atoms with van der Waals surface area (Å²) in [5.41, 5.74) is 5.94. The molecule has 3 rings (SSSR count). The number of hydrogen-bond acceptors (Lipinski definition) is 7. The minimum Gasteiger partial charge on any atom is -0.383 e. The van der Waals surface area contributed by atoms with Gasteiger partial charge in [0.15, 0.2) is 5.16 Å². The average molecular weight is 364 g/mol. The van der Waals surface area contributed by atoms with E-state index in [1.807, 2.05) is 4.90 Å². The number of carbonyl (C=O) groups is 2. The van der Waals surface area contributed by atoms with Crippen LogP contribution in [-0.2, 0) is 9.59 Å². The summed E-state index contributed by atoms with van der Waals surface area (Å²) < 4.78 is 0. The number of nitrogen functional groups attached to an aromatic ring is 1. The van der Waals surface area contributed by atoms with Crippen molar-refractivity contribution in [2.75, 3.05) is 49.6 Å².